The second-order valence-corrected chi connectivity index (χ2v) is 5.20. The van der Waals surface area contributed by atoms with Gasteiger partial charge >= 0.3 is 0 Å². The normalized spacial score (nSPS) is 18.9. The van der Waals surface area contributed by atoms with Crippen molar-refractivity contribution in [2.24, 2.45) is 0 Å². The summed E-state index contributed by atoms with van der Waals surface area (Å²) in [4.78, 5) is 4.42. The second kappa shape index (κ2) is 5.29. The lowest BCUT2D eigenvalue weighted by Gasteiger charge is -2.20. The van der Waals surface area contributed by atoms with Gasteiger partial charge in [0, 0.05) is 12.2 Å². The zero-order valence-electron chi connectivity index (χ0n) is 11.2. The fourth-order valence-electron chi connectivity index (χ4n) is 2.75. The van der Waals surface area contributed by atoms with E-state index in [0.29, 0.717) is 0 Å². The molecular formula is C16H16F2N2. The van der Waals surface area contributed by atoms with Crippen LogP contribution < -0.4 is 5.32 Å². The summed E-state index contributed by atoms with van der Waals surface area (Å²) < 4.78 is 26.2. The SMILES string of the molecule is CC(NC1CCc2cccnc21)c1ccc(F)c(F)c1. The van der Waals surface area contributed by atoms with Gasteiger partial charge in [-0.1, -0.05) is 12.1 Å². The van der Waals surface area contributed by atoms with Crippen LogP contribution in [-0.4, -0.2) is 4.98 Å². The van der Waals surface area contributed by atoms with E-state index in [-0.39, 0.29) is 12.1 Å². The first-order valence-electron chi connectivity index (χ1n) is 6.80. The molecule has 2 atom stereocenters. The van der Waals surface area contributed by atoms with E-state index in [4.69, 9.17) is 0 Å². The Morgan fingerprint density at radius 1 is 1.25 bits per heavy atom. The number of pyridine rings is 1. The Morgan fingerprint density at radius 2 is 2.10 bits per heavy atom. The minimum absolute atomic E-state index is 0.0527. The number of hydrogen-bond donors (Lipinski definition) is 1. The smallest absolute Gasteiger partial charge is 0.159 e. The minimum atomic E-state index is -0.811. The summed E-state index contributed by atoms with van der Waals surface area (Å²) in [7, 11) is 0. The number of rotatable bonds is 3. The molecule has 2 nitrogen and oxygen atoms in total. The molecule has 20 heavy (non-hydrogen) atoms. The average Bonchev–Trinajstić information content (AvgIpc) is 2.85. The Kier molecular flexibility index (Phi) is 3.49. The number of hydrogen-bond acceptors (Lipinski definition) is 2. The van der Waals surface area contributed by atoms with Crippen LogP contribution in [0.3, 0.4) is 0 Å². The lowest BCUT2D eigenvalue weighted by Crippen LogP contribution is -2.23. The van der Waals surface area contributed by atoms with E-state index in [1.807, 2.05) is 13.0 Å². The molecule has 0 aliphatic heterocycles. The van der Waals surface area contributed by atoms with Crippen molar-refractivity contribution in [3.8, 4) is 0 Å². The molecule has 1 N–H and O–H groups in total. The maximum atomic E-state index is 13.3. The van der Waals surface area contributed by atoms with Crippen molar-refractivity contribution in [2.45, 2.75) is 31.8 Å². The molecule has 104 valence electrons. The first-order valence-corrected chi connectivity index (χ1v) is 6.80. The predicted molar refractivity (Wildman–Crippen MR) is 73.2 cm³/mol. The molecule has 4 heteroatoms. The Morgan fingerprint density at radius 3 is 2.90 bits per heavy atom. The van der Waals surface area contributed by atoms with Crippen molar-refractivity contribution < 1.29 is 8.78 Å². The molecule has 2 aromatic rings. The van der Waals surface area contributed by atoms with Crippen LogP contribution in [0.1, 0.15) is 42.2 Å². The zero-order chi connectivity index (χ0) is 14.1. The second-order valence-electron chi connectivity index (χ2n) is 5.20. The lowest BCUT2D eigenvalue weighted by molar-refractivity contribution is 0.452. The van der Waals surface area contributed by atoms with Crippen molar-refractivity contribution in [1.82, 2.24) is 10.3 Å². The fraction of sp³-hybridized carbons (Fsp3) is 0.312. The standard InChI is InChI=1S/C16H16F2N2/c1-10(12-4-6-13(17)14(18)9-12)20-15-7-5-11-3-2-8-19-16(11)15/h2-4,6,8-10,15,20H,5,7H2,1H3. The third-order valence-corrected chi connectivity index (χ3v) is 3.85. The van der Waals surface area contributed by atoms with Crippen molar-refractivity contribution in [1.29, 1.82) is 0 Å². The van der Waals surface area contributed by atoms with Crippen LogP contribution >= 0.6 is 0 Å². The molecule has 0 saturated carbocycles. The quantitative estimate of drug-likeness (QED) is 0.923. The largest absolute Gasteiger partial charge is 0.302 e. The number of aromatic nitrogens is 1. The zero-order valence-corrected chi connectivity index (χ0v) is 11.2. The number of halogens is 2. The first kappa shape index (κ1) is 13.2. The Bertz CT molecular complexity index is 628. The van der Waals surface area contributed by atoms with Crippen LogP contribution in [0.15, 0.2) is 36.5 Å². The predicted octanol–water partition coefficient (Wildman–Crippen LogP) is 3.70. The molecule has 1 heterocycles. The van der Waals surface area contributed by atoms with Crippen LogP contribution in [0.2, 0.25) is 0 Å². The molecule has 1 aliphatic carbocycles. The van der Waals surface area contributed by atoms with Crippen molar-refractivity contribution in [2.75, 3.05) is 0 Å². The van der Waals surface area contributed by atoms with E-state index in [2.05, 4.69) is 16.4 Å². The lowest BCUT2D eigenvalue weighted by atomic mass is 10.1. The summed E-state index contributed by atoms with van der Waals surface area (Å²) in [5, 5.41) is 3.45. The van der Waals surface area contributed by atoms with E-state index in [9.17, 15) is 8.78 Å². The highest BCUT2D eigenvalue weighted by Gasteiger charge is 2.25. The molecular weight excluding hydrogens is 258 g/mol. The Hall–Kier alpha value is -1.81. The molecule has 0 saturated heterocycles. The van der Waals surface area contributed by atoms with Gasteiger partial charge in [-0.3, -0.25) is 4.98 Å². The van der Waals surface area contributed by atoms with Gasteiger partial charge in [0.15, 0.2) is 11.6 Å². The van der Waals surface area contributed by atoms with E-state index in [1.165, 1.54) is 17.7 Å². The van der Waals surface area contributed by atoms with Crippen LogP contribution in [-0.2, 0) is 6.42 Å². The molecule has 1 aromatic heterocycles. The monoisotopic (exact) mass is 274 g/mol. The van der Waals surface area contributed by atoms with Gasteiger partial charge in [0.1, 0.15) is 0 Å². The van der Waals surface area contributed by atoms with E-state index >= 15 is 0 Å². The topological polar surface area (TPSA) is 24.9 Å². The van der Waals surface area contributed by atoms with Gasteiger partial charge in [-0.25, -0.2) is 8.78 Å². The third-order valence-electron chi connectivity index (χ3n) is 3.85. The number of nitrogens with one attached hydrogen (secondary N) is 1. The average molecular weight is 274 g/mol. The Labute approximate surface area is 116 Å². The van der Waals surface area contributed by atoms with Gasteiger partial charge < -0.3 is 5.32 Å². The van der Waals surface area contributed by atoms with E-state index in [0.717, 1.165) is 24.1 Å². The van der Waals surface area contributed by atoms with Crippen molar-refractivity contribution >= 4 is 0 Å². The van der Waals surface area contributed by atoms with Crippen molar-refractivity contribution in [3.05, 3.63) is 65.0 Å². The van der Waals surface area contributed by atoms with Crippen LogP contribution in [0.5, 0.6) is 0 Å². The third kappa shape index (κ3) is 2.43. The number of nitrogens with zero attached hydrogens (tertiary/aromatic N) is 1. The summed E-state index contributed by atoms with van der Waals surface area (Å²) in [6, 6.07) is 8.19. The molecule has 0 radical (unpaired) electrons. The summed E-state index contributed by atoms with van der Waals surface area (Å²) in [5.74, 6) is -1.62. The summed E-state index contributed by atoms with van der Waals surface area (Å²) >= 11 is 0. The van der Waals surface area contributed by atoms with Gasteiger partial charge in [0.25, 0.3) is 0 Å². The first-order chi connectivity index (χ1) is 9.65. The van der Waals surface area contributed by atoms with Gasteiger partial charge in [-0.2, -0.15) is 0 Å². The molecule has 0 amide bonds. The Balaban J connectivity index is 1.77. The van der Waals surface area contributed by atoms with Crippen LogP contribution in [0.25, 0.3) is 0 Å². The molecule has 1 aliphatic rings. The summed E-state index contributed by atoms with van der Waals surface area (Å²) in [6.07, 6.45) is 3.78. The minimum Gasteiger partial charge on any atom is -0.302 e. The molecule has 0 bridgehead atoms. The van der Waals surface area contributed by atoms with Crippen LogP contribution in [0.4, 0.5) is 8.78 Å². The maximum Gasteiger partial charge on any atom is 0.159 e. The van der Waals surface area contributed by atoms with Gasteiger partial charge in [-0.05, 0) is 49.1 Å². The molecule has 3 rings (SSSR count). The molecule has 0 fully saturated rings. The van der Waals surface area contributed by atoms with Gasteiger partial charge in [0.2, 0.25) is 0 Å². The maximum absolute atomic E-state index is 13.3. The van der Waals surface area contributed by atoms with E-state index in [1.54, 1.807) is 12.3 Å². The highest BCUT2D eigenvalue weighted by Crippen LogP contribution is 2.31. The molecule has 0 spiro atoms. The fourth-order valence-corrected chi connectivity index (χ4v) is 2.75. The van der Waals surface area contributed by atoms with Gasteiger partial charge in [-0.15, -0.1) is 0 Å². The summed E-state index contributed by atoms with van der Waals surface area (Å²) in [5.41, 5.74) is 3.08. The molecule has 1 aromatic carbocycles. The molecule has 2 unspecified atom stereocenters. The van der Waals surface area contributed by atoms with E-state index < -0.39 is 11.6 Å². The van der Waals surface area contributed by atoms with Crippen LogP contribution in [0, 0.1) is 11.6 Å². The highest BCUT2D eigenvalue weighted by atomic mass is 19.2. The number of benzene rings is 1. The highest BCUT2D eigenvalue weighted by molar-refractivity contribution is 5.29. The number of fused-ring (bicyclic) bond motifs is 1. The summed E-state index contributed by atoms with van der Waals surface area (Å²) in [6.45, 7) is 1.95. The number of aryl methyl sites for hydroxylation is 1. The van der Waals surface area contributed by atoms with Crippen molar-refractivity contribution in [3.63, 3.8) is 0 Å². The van der Waals surface area contributed by atoms with Gasteiger partial charge in [0.05, 0.1) is 11.7 Å².